The van der Waals surface area contributed by atoms with Crippen LogP contribution in [-0.2, 0) is 10.3 Å². The van der Waals surface area contributed by atoms with E-state index in [9.17, 15) is 14.4 Å². The van der Waals surface area contributed by atoms with Gasteiger partial charge in [-0.2, -0.15) is 0 Å². The molecule has 0 saturated carbocycles. The van der Waals surface area contributed by atoms with Crippen LogP contribution in [0.5, 0.6) is 0 Å². The number of amides is 3. The van der Waals surface area contributed by atoms with Gasteiger partial charge < -0.3 is 5.32 Å². The highest BCUT2D eigenvalue weighted by molar-refractivity contribution is 6.32. The first-order chi connectivity index (χ1) is 14.4. The van der Waals surface area contributed by atoms with E-state index in [1.165, 1.54) is 0 Å². The second-order valence-electron chi connectivity index (χ2n) is 7.29. The Bertz CT molecular complexity index is 1130. The van der Waals surface area contributed by atoms with Gasteiger partial charge in [-0.15, -0.1) is 0 Å². The first kappa shape index (κ1) is 19.9. The van der Waals surface area contributed by atoms with Crippen molar-refractivity contribution in [3.63, 3.8) is 0 Å². The molecule has 1 fully saturated rings. The number of carbonyl (C=O) groups is 3. The molecule has 0 aromatic heterocycles. The number of Topliss-reactive ketones (excluding diaryl/α,β-unsaturated/α-hetero) is 1. The van der Waals surface area contributed by atoms with E-state index in [4.69, 9.17) is 11.6 Å². The molecular formula is C24H19ClN2O3. The van der Waals surface area contributed by atoms with Crippen LogP contribution < -0.4 is 5.32 Å². The number of nitrogens with one attached hydrogen (secondary N) is 1. The van der Waals surface area contributed by atoms with Gasteiger partial charge in [-0.25, -0.2) is 4.79 Å². The summed E-state index contributed by atoms with van der Waals surface area (Å²) in [4.78, 5) is 39.2. The lowest BCUT2D eigenvalue weighted by atomic mass is 9.92. The fourth-order valence-electron chi connectivity index (χ4n) is 3.60. The molecule has 3 amide bonds. The molecule has 3 aromatic carbocycles. The van der Waals surface area contributed by atoms with Crippen molar-refractivity contribution >= 4 is 29.3 Å². The van der Waals surface area contributed by atoms with Crippen LogP contribution in [0.2, 0.25) is 5.02 Å². The van der Waals surface area contributed by atoms with Gasteiger partial charge in [-0.05, 0) is 24.1 Å². The summed E-state index contributed by atoms with van der Waals surface area (Å²) in [5.74, 6) is -0.823. The van der Waals surface area contributed by atoms with E-state index in [0.29, 0.717) is 16.1 Å². The monoisotopic (exact) mass is 418 g/mol. The maximum atomic E-state index is 13.0. The first-order valence-corrected chi connectivity index (χ1v) is 9.86. The summed E-state index contributed by atoms with van der Waals surface area (Å²) in [5, 5.41) is 3.05. The molecule has 5 nitrogen and oxygen atoms in total. The standard InChI is InChI=1S/C24H19ClN2O3/c1-24(19-9-5-6-10-20(19)25)22(29)27(23(30)26-24)15-21(28)18-13-11-17(12-14-18)16-7-3-2-4-8-16/h2-14H,15H2,1H3,(H,26,30)/t24-/m0/s1. The van der Waals surface area contributed by atoms with Crippen molar-refractivity contribution in [3.8, 4) is 11.1 Å². The molecule has 3 aromatic rings. The summed E-state index contributed by atoms with van der Waals surface area (Å²) in [6.45, 7) is 1.25. The van der Waals surface area contributed by atoms with Crippen molar-refractivity contribution in [2.75, 3.05) is 6.54 Å². The number of hydrogen-bond acceptors (Lipinski definition) is 3. The van der Waals surface area contributed by atoms with Crippen molar-refractivity contribution < 1.29 is 14.4 Å². The highest BCUT2D eigenvalue weighted by atomic mass is 35.5. The lowest BCUT2D eigenvalue weighted by molar-refractivity contribution is -0.130. The zero-order chi connectivity index (χ0) is 21.3. The number of nitrogens with zero attached hydrogens (tertiary/aromatic N) is 1. The van der Waals surface area contributed by atoms with Gasteiger partial charge in [0.05, 0.1) is 6.54 Å². The van der Waals surface area contributed by atoms with Crippen molar-refractivity contribution in [1.82, 2.24) is 10.2 Å². The lowest BCUT2D eigenvalue weighted by Gasteiger charge is -2.23. The molecule has 6 heteroatoms. The van der Waals surface area contributed by atoms with E-state index in [-0.39, 0.29) is 12.3 Å². The van der Waals surface area contributed by atoms with Crippen LogP contribution in [0, 0.1) is 0 Å². The second kappa shape index (κ2) is 7.76. The van der Waals surface area contributed by atoms with E-state index in [2.05, 4.69) is 5.32 Å². The molecule has 1 saturated heterocycles. The lowest BCUT2D eigenvalue weighted by Crippen LogP contribution is -2.41. The van der Waals surface area contributed by atoms with E-state index in [0.717, 1.165) is 16.0 Å². The maximum absolute atomic E-state index is 13.0. The Hall–Kier alpha value is -3.44. The van der Waals surface area contributed by atoms with Crippen molar-refractivity contribution in [2.45, 2.75) is 12.5 Å². The van der Waals surface area contributed by atoms with Crippen LogP contribution >= 0.6 is 11.6 Å². The average molecular weight is 419 g/mol. The minimum atomic E-state index is -1.31. The summed E-state index contributed by atoms with van der Waals surface area (Å²) in [7, 11) is 0. The number of imide groups is 1. The van der Waals surface area contributed by atoms with E-state index in [1.807, 2.05) is 42.5 Å². The minimum Gasteiger partial charge on any atom is -0.319 e. The number of hydrogen-bond donors (Lipinski definition) is 1. The smallest absolute Gasteiger partial charge is 0.319 e. The number of ketones is 1. The number of rotatable bonds is 5. The molecule has 1 heterocycles. The Morgan fingerprint density at radius 3 is 2.17 bits per heavy atom. The average Bonchev–Trinajstić information content (AvgIpc) is 2.98. The van der Waals surface area contributed by atoms with Crippen LogP contribution in [0.3, 0.4) is 0 Å². The van der Waals surface area contributed by atoms with Crippen LogP contribution in [-0.4, -0.2) is 29.2 Å². The van der Waals surface area contributed by atoms with E-state index >= 15 is 0 Å². The molecule has 1 N–H and O–H groups in total. The van der Waals surface area contributed by atoms with Crippen molar-refractivity contribution in [3.05, 3.63) is 95.0 Å². The molecule has 0 bridgehead atoms. The first-order valence-electron chi connectivity index (χ1n) is 9.48. The Balaban J connectivity index is 1.53. The molecule has 1 aliphatic heterocycles. The molecule has 150 valence electrons. The SMILES string of the molecule is C[C@@]1(c2ccccc2Cl)NC(=O)N(CC(=O)c2ccc(-c3ccccc3)cc2)C1=O. The van der Waals surface area contributed by atoms with Gasteiger partial charge in [0, 0.05) is 16.1 Å². The van der Waals surface area contributed by atoms with Gasteiger partial charge in [-0.1, -0.05) is 84.4 Å². The summed E-state index contributed by atoms with van der Waals surface area (Å²) in [6, 6.07) is 23.1. The van der Waals surface area contributed by atoms with Crippen molar-refractivity contribution in [1.29, 1.82) is 0 Å². The molecule has 0 radical (unpaired) electrons. The summed E-state index contributed by atoms with van der Waals surface area (Å²) < 4.78 is 0. The molecule has 0 unspecified atom stereocenters. The third-order valence-corrected chi connectivity index (χ3v) is 5.63. The van der Waals surface area contributed by atoms with Gasteiger partial charge in [-0.3, -0.25) is 14.5 Å². The zero-order valence-corrected chi connectivity index (χ0v) is 17.0. The van der Waals surface area contributed by atoms with Gasteiger partial charge in [0.15, 0.2) is 5.78 Å². The topological polar surface area (TPSA) is 66.5 Å². The Morgan fingerprint density at radius 1 is 0.900 bits per heavy atom. The van der Waals surface area contributed by atoms with Crippen LogP contribution in [0.4, 0.5) is 4.79 Å². The second-order valence-corrected chi connectivity index (χ2v) is 7.70. The molecule has 30 heavy (non-hydrogen) atoms. The van der Waals surface area contributed by atoms with Gasteiger partial charge in [0.25, 0.3) is 5.91 Å². The van der Waals surface area contributed by atoms with Gasteiger partial charge in [0.1, 0.15) is 5.54 Å². The fourth-order valence-corrected chi connectivity index (χ4v) is 3.93. The zero-order valence-electron chi connectivity index (χ0n) is 16.3. The molecular weight excluding hydrogens is 400 g/mol. The Labute approximate surface area is 179 Å². The highest BCUT2D eigenvalue weighted by Crippen LogP contribution is 2.33. The number of benzene rings is 3. The third-order valence-electron chi connectivity index (χ3n) is 5.30. The van der Waals surface area contributed by atoms with Gasteiger partial charge >= 0.3 is 6.03 Å². The largest absolute Gasteiger partial charge is 0.325 e. The maximum Gasteiger partial charge on any atom is 0.325 e. The summed E-state index contributed by atoms with van der Waals surface area (Å²) in [5.41, 5.74) is 1.63. The van der Waals surface area contributed by atoms with Crippen LogP contribution in [0.1, 0.15) is 22.8 Å². The predicted octanol–water partition coefficient (Wildman–Crippen LogP) is 4.66. The van der Waals surface area contributed by atoms with E-state index in [1.54, 1.807) is 43.3 Å². The van der Waals surface area contributed by atoms with Crippen LogP contribution in [0.15, 0.2) is 78.9 Å². The molecule has 0 spiro atoms. The quantitative estimate of drug-likeness (QED) is 0.484. The minimum absolute atomic E-state index is 0.318. The predicted molar refractivity (Wildman–Crippen MR) is 115 cm³/mol. The molecule has 1 aliphatic rings. The van der Waals surface area contributed by atoms with Gasteiger partial charge in [0.2, 0.25) is 0 Å². The number of halogens is 1. The Kier molecular flexibility index (Phi) is 5.14. The molecule has 1 atom stereocenters. The number of carbonyl (C=O) groups excluding carboxylic acids is 3. The third kappa shape index (κ3) is 3.48. The molecule has 0 aliphatic carbocycles. The van der Waals surface area contributed by atoms with E-state index < -0.39 is 17.5 Å². The van der Waals surface area contributed by atoms with Crippen molar-refractivity contribution in [2.24, 2.45) is 0 Å². The number of urea groups is 1. The summed E-state index contributed by atoms with van der Waals surface area (Å²) in [6.07, 6.45) is 0. The fraction of sp³-hybridized carbons (Fsp3) is 0.125. The summed E-state index contributed by atoms with van der Waals surface area (Å²) >= 11 is 6.23. The Morgan fingerprint density at radius 2 is 1.50 bits per heavy atom. The normalized spacial score (nSPS) is 18.4. The molecule has 4 rings (SSSR count). The van der Waals surface area contributed by atoms with Crippen LogP contribution in [0.25, 0.3) is 11.1 Å². The highest BCUT2D eigenvalue weighted by Gasteiger charge is 2.50.